The molecule has 0 aliphatic heterocycles. The normalized spacial score (nSPS) is 10.8. The number of carbonyl (C=O) groups excluding carboxylic acids is 1. The molecule has 6 nitrogen and oxygen atoms in total. The molecule has 0 fully saturated rings. The van der Waals surface area contributed by atoms with Gasteiger partial charge in [-0.1, -0.05) is 41.9 Å². The molecule has 2 heterocycles. The maximum Gasteiger partial charge on any atom is 0.227 e. The van der Waals surface area contributed by atoms with Crippen molar-refractivity contribution in [3.05, 3.63) is 57.6 Å². The van der Waals surface area contributed by atoms with Gasteiger partial charge >= 0.3 is 0 Å². The second-order valence-electron chi connectivity index (χ2n) is 5.80. The maximum atomic E-state index is 12.1. The number of nitrogens with one attached hydrogen (secondary N) is 1. The van der Waals surface area contributed by atoms with Crippen LogP contribution >= 0.6 is 22.9 Å². The minimum atomic E-state index is -0.126. The molecule has 1 aromatic carbocycles. The molecule has 8 heteroatoms. The summed E-state index contributed by atoms with van der Waals surface area (Å²) in [6, 6.07) is 7.70. The first-order chi connectivity index (χ1) is 12.6. The van der Waals surface area contributed by atoms with Gasteiger partial charge in [0.1, 0.15) is 0 Å². The Morgan fingerprint density at radius 3 is 2.96 bits per heavy atom. The van der Waals surface area contributed by atoms with Crippen LogP contribution in [0.5, 0.6) is 0 Å². The number of nitrogens with zero attached hydrogens (tertiary/aromatic N) is 3. The van der Waals surface area contributed by atoms with Crippen LogP contribution in [0.2, 0.25) is 5.02 Å². The van der Waals surface area contributed by atoms with E-state index in [1.165, 1.54) is 11.3 Å². The second-order valence-corrected chi connectivity index (χ2v) is 7.32. The number of thiazole rings is 1. The summed E-state index contributed by atoms with van der Waals surface area (Å²) in [6.07, 6.45) is 4.88. The van der Waals surface area contributed by atoms with Crippen LogP contribution in [-0.4, -0.2) is 21.0 Å². The van der Waals surface area contributed by atoms with Gasteiger partial charge in [-0.05, 0) is 18.1 Å². The lowest BCUT2D eigenvalue weighted by Gasteiger charge is -2.01. The molecule has 0 unspecified atom stereocenters. The number of benzene rings is 1. The third-order valence-corrected chi connectivity index (χ3v) is 4.95. The number of halogens is 1. The van der Waals surface area contributed by atoms with Gasteiger partial charge in [0.05, 0.1) is 0 Å². The first-order valence-electron chi connectivity index (χ1n) is 8.43. The molecule has 26 heavy (non-hydrogen) atoms. The van der Waals surface area contributed by atoms with Crippen LogP contribution in [0.3, 0.4) is 0 Å². The fourth-order valence-electron chi connectivity index (χ4n) is 2.40. The number of hydrogen-bond acceptors (Lipinski definition) is 6. The summed E-state index contributed by atoms with van der Waals surface area (Å²) in [6.45, 7) is 2.05. The molecule has 0 aliphatic rings. The van der Waals surface area contributed by atoms with E-state index >= 15 is 0 Å². The van der Waals surface area contributed by atoms with Gasteiger partial charge in [0.2, 0.25) is 11.8 Å². The van der Waals surface area contributed by atoms with Crippen molar-refractivity contribution >= 4 is 34.0 Å². The third-order valence-electron chi connectivity index (χ3n) is 3.67. The Balaban J connectivity index is 1.50. The Labute approximate surface area is 160 Å². The largest absolute Gasteiger partial charge is 0.339 e. The summed E-state index contributed by atoms with van der Waals surface area (Å²) in [5, 5.41) is 8.00. The fraction of sp³-hybridized carbons (Fsp3) is 0.333. The third kappa shape index (κ3) is 5.12. The van der Waals surface area contributed by atoms with Crippen molar-refractivity contribution in [3.63, 3.8) is 0 Å². The zero-order valence-corrected chi connectivity index (χ0v) is 15.9. The van der Waals surface area contributed by atoms with Crippen molar-refractivity contribution in [3.8, 4) is 0 Å². The van der Waals surface area contributed by atoms with E-state index < -0.39 is 0 Å². The van der Waals surface area contributed by atoms with E-state index in [1.807, 2.05) is 24.3 Å². The van der Waals surface area contributed by atoms with E-state index in [0.29, 0.717) is 29.7 Å². The van der Waals surface area contributed by atoms with E-state index in [0.717, 1.165) is 28.3 Å². The Kier molecular flexibility index (Phi) is 6.35. The molecule has 0 bridgehead atoms. The van der Waals surface area contributed by atoms with Crippen LogP contribution in [-0.2, 0) is 24.1 Å². The minimum absolute atomic E-state index is 0.126. The first-order valence-corrected chi connectivity index (χ1v) is 9.63. The summed E-state index contributed by atoms with van der Waals surface area (Å²) in [4.78, 5) is 21.6. The standard InChI is InChI=1S/C18H19ClN4O2S/c1-2-5-15-21-17(25-23-15)9-8-16(24)22-18-20-11-13(26-18)10-12-6-3-4-7-14(12)19/h3-4,6-7,11H,2,5,8-10H2,1H3,(H,20,22,24). The molecule has 0 saturated heterocycles. The molecule has 0 spiro atoms. The van der Waals surface area contributed by atoms with E-state index in [9.17, 15) is 4.79 Å². The van der Waals surface area contributed by atoms with E-state index in [-0.39, 0.29) is 12.3 Å². The number of carbonyl (C=O) groups is 1. The highest BCUT2D eigenvalue weighted by atomic mass is 35.5. The predicted octanol–water partition coefficient (Wildman–Crippen LogP) is 4.29. The zero-order valence-electron chi connectivity index (χ0n) is 14.4. The summed E-state index contributed by atoms with van der Waals surface area (Å²) in [7, 11) is 0. The maximum absolute atomic E-state index is 12.1. The Morgan fingerprint density at radius 1 is 1.31 bits per heavy atom. The van der Waals surface area contributed by atoms with Crippen LogP contribution in [0, 0.1) is 0 Å². The topological polar surface area (TPSA) is 80.9 Å². The van der Waals surface area contributed by atoms with Gasteiger partial charge in [0, 0.05) is 41.8 Å². The van der Waals surface area contributed by atoms with Gasteiger partial charge in [-0.15, -0.1) is 11.3 Å². The number of aryl methyl sites for hydroxylation is 2. The molecule has 0 saturated carbocycles. The SMILES string of the molecule is CCCc1noc(CCC(=O)Nc2ncc(Cc3ccccc3Cl)s2)n1. The van der Waals surface area contributed by atoms with Crippen LogP contribution in [0.1, 0.15) is 41.9 Å². The predicted molar refractivity (Wildman–Crippen MR) is 102 cm³/mol. The van der Waals surface area contributed by atoms with E-state index in [4.69, 9.17) is 16.1 Å². The number of hydrogen-bond donors (Lipinski definition) is 1. The highest BCUT2D eigenvalue weighted by Gasteiger charge is 2.11. The number of anilines is 1. The minimum Gasteiger partial charge on any atom is -0.339 e. The van der Waals surface area contributed by atoms with E-state index in [1.54, 1.807) is 6.20 Å². The molecule has 3 aromatic rings. The molecule has 0 aliphatic carbocycles. The molecule has 0 radical (unpaired) electrons. The van der Waals surface area contributed by atoms with Gasteiger partial charge in [-0.2, -0.15) is 4.98 Å². The molecule has 1 N–H and O–H groups in total. The molecule has 1 amide bonds. The highest BCUT2D eigenvalue weighted by molar-refractivity contribution is 7.15. The fourth-order valence-corrected chi connectivity index (χ4v) is 3.45. The summed E-state index contributed by atoms with van der Waals surface area (Å²) >= 11 is 7.62. The lowest BCUT2D eigenvalue weighted by Crippen LogP contribution is -2.12. The number of amides is 1. The lowest BCUT2D eigenvalue weighted by molar-refractivity contribution is -0.116. The van der Waals surface area contributed by atoms with Gasteiger partial charge in [0.25, 0.3) is 0 Å². The highest BCUT2D eigenvalue weighted by Crippen LogP contribution is 2.24. The van der Waals surface area contributed by atoms with E-state index in [2.05, 4.69) is 27.4 Å². The van der Waals surface area contributed by atoms with Gasteiger partial charge in [0.15, 0.2) is 11.0 Å². The van der Waals surface area contributed by atoms with Crippen LogP contribution < -0.4 is 5.32 Å². The average Bonchev–Trinajstić information content (AvgIpc) is 3.25. The van der Waals surface area contributed by atoms with Crippen LogP contribution in [0.15, 0.2) is 35.0 Å². The quantitative estimate of drug-likeness (QED) is 0.620. The number of rotatable bonds is 8. The molecular formula is C18H19ClN4O2S. The molecule has 3 rings (SSSR count). The summed E-state index contributed by atoms with van der Waals surface area (Å²) < 4.78 is 5.13. The smallest absolute Gasteiger partial charge is 0.227 e. The van der Waals surface area contributed by atoms with Crippen molar-refractivity contribution in [2.24, 2.45) is 0 Å². The van der Waals surface area contributed by atoms with Crippen molar-refractivity contribution in [2.75, 3.05) is 5.32 Å². The molecule has 136 valence electrons. The van der Waals surface area contributed by atoms with Crippen LogP contribution in [0.4, 0.5) is 5.13 Å². The molecular weight excluding hydrogens is 372 g/mol. The van der Waals surface area contributed by atoms with Crippen molar-refractivity contribution in [1.82, 2.24) is 15.1 Å². The Hall–Kier alpha value is -2.25. The van der Waals surface area contributed by atoms with Gasteiger partial charge in [-0.3, -0.25) is 4.79 Å². The van der Waals surface area contributed by atoms with Crippen molar-refractivity contribution in [2.45, 2.75) is 39.0 Å². The zero-order chi connectivity index (χ0) is 18.4. The monoisotopic (exact) mass is 390 g/mol. The lowest BCUT2D eigenvalue weighted by atomic mass is 10.1. The number of aromatic nitrogens is 3. The average molecular weight is 391 g/mol. The van der Waals surface area contributed by atoms with Crippen molar-refractivity contribution < 1.29 is 9.32 Å². The first kappa shape index (κ1) is 18.5. The Morgan fingerprint density at radius 2 is 2.15 bits per heavy atom. The summed E-state index contributed by atoms with van der Waals surface area (Å²) in [5.74, 6) is 1.05. The van der Waals surface area contributed by atoms with Gasteiger partial charge < -0.3 is 9.84 Å². The molecule has 0 atom stereocenters. The summed E-state index contributed by atoms with van der Waals surface area (Å²) in [5.41, 5.74) is 1.04. The Bertz CT molecular complexity index is 877. The van der Waals surface area contributed by atoms with Gasteiger partial charge in [-0.25, -0.2) is 4.98 Å². The second kappa shape index (κ2) is 8.91. The van der Waals surface area contributed by atoms with Crippen LogP contribution in [0.25, 0.3) is 0 Å². The van der Waals surface area contributed by atoms with Crippen molar-refractivity contribution in [1.29, 1.82) is 0 Å². The molecule has 2 aromatic heterocycles.